The second-order valence-corrected chi connectivity index (χ2v) is 6.33. The summed E-state index contributed by atoms with van der Waals surface area (Å²) in [6, 6.07) is 0.759. The highest BCUT2D eigenvalue weighted by Gasteiger charge is 2.27. The lowest BCUT2D eigenvalue weighted by Gasteiger charge is -2.29. The van der Waals surface area contributed by atoms with Crippen molar-refractivity contribution in [1.29, 1.82) is 0 Å². The van der Waals surface area contributed by atoms with Gasteiger partial charge in [-0.2, -0.15) is 0 Å². The number of hydrogen-bond acceptors (Lipinski definition) is 2. The molecule has 2 heteroatoms. The highest BCUT2D eigenvalue weighted by Crippen LogP contribution is 2.22. The summed E-state index contributed by atoms with van der Waals surface area (Å²) in [6.07, 6.45) is 2.68. The van der Waals surface area contributed by atoms with Gasteiger partial charge in [-0.3, -0.25) is 0 Å². The van der Waals surface area contributed by atoms with E-state index in [9.17, 15) is 0 Å². The van der Waals surface area contributed by atoms with Gasteiger partial charge in [0.25, 0.3) is 0 Å². The van der Waals surface area contributed by atoms with E-state index >= 15 is 0 Å². The van der Waals surface area contributed by atoms with Gasteiger partial charge < -0.3 is 10.2 Å². The largest absolute Gasteiger partial charge is 0.316 e. The zero-order valence-electron chi connectivity index (χ0n) is 12.5. The molecule has 17 heavy (non-hydrogen) atoms. The molecule has 0 radical (unpaired) electrons. The normalized spacial score (nSPS) is 25.4. The molecular weight excluding hydrogens is 208 g/mol. The Balaban J connectivity index is 2.22. The minimum Gasteiger partial charge on any atom is -0.316 e. The zero-order valence-corrected chi connectivity index (χ0v) is 12.5. The summed E-state index contributed by atoms with van der Waals surface area (Å²) in [5.74, 6) is 2.48. The Hall–Kier alpha value is -0.0800. The summed E-state index contributed by atoms with van der Waals surface area (Å²) in [5.41, 5.74) is 0. The Morgan fingerprint density at radius 1 is 1.24 bits per heavy atom. The van der Waals surface area contributed by atoms with Crippen molar-refractivity contribution in [2.45, 2.75) is 53.5 Å². The number of rotatable bonds is 7. The van der Waals surface area contributed by atoms with Crippen LogP contribution >= 0.6 is 0 Å². The molecule has 1 heterocycles. The predicted octanol–water partition coefficient (Wildman–Crippen LogP) is 2.99. The van der Waals surface area contributed by atoms with Gasteiger partial charge in [0.15, 0.2) is 0 Å². The standard InChI is InChI=1S/C15H32N2/c1-6-13(4)14(5)17-8-7-15(11-17)10-16-9-12(2)3/h12-16H,6-11H2,1-5H3. The second kappa shape index (κ2) is 7.38. The van der Waals surface area contributed by atoms with Crippen LogP contribution < -0.4 is 5.32 Å². The van der Waals surface area contributed by atoms with E-state index in [1.807, 2.05) is 0 Å². The lowest BCUT2D eigenvalue weighted by atomic mass is 10.00. The molecule has 1 aliphatic heterocycles. The minimum atomic E-state index is 0.759. The van der Waals surface area contributed by atoms with Gasteiger partial charge in [0, 0.05) is 12.6 Å². The first-order chi connectivity index (χ1) is 8.04. The summed E-state index contributed by atoms with van der Waals surface area (Å²) >= 11 is 0. The van der Waals surface area contributed by atoms with Crippen molar-refractivity contribution in [3.63, 3.8) is 0 Å². The first-order valence-corrected chi connectivity index (χ1v) is 7.49. The summed E-state index contributed by atoms with van der Waals surface area (Å²) in [4.78, 5) is 2.69. The highest BCUT2D eigenvalue weighted by molar-refractivity contribution is 4.82. The van der Waals surface area contributed by atoms with E-state index in [1.54, 1.807) is 0 Å². The van der Waals surface area contributed by atoms with Crippen molar-refractivity contribution >= 4 is 0 Å². The molecule has 0 aliphatic carbocycles. The highest BCUT2D eigenvalue weighted by atomic mass is 15.2. The topological polar surface area (TPSA) is 15.3 Å². The molecule has 0 aromatic heterocycles. The molecule has 0 aromatic carbocycles. The van der Waals surface area contributed by atoms with Gasteiger partial charge in [-0.15, -0.1) is 0 Å². The Labute approximate surface area is 108 Å². The van der Waals surface area contributed by atoms with Gasteiger partial charge in [0.2, 0.25) is 0 Å². The van der Waals surface area contributed by atoms with Crippen molar-refractivity contribution in [2.75, 3.05) is 26.2 Å². The Kier molecular flexibility index (Phi) is 6.50. The molecule has 0 amide bonds. The second-order valence-electron chi connectivity index (χ2n) is 6.33. The summed E-state index contributed by atoms with van der Waals surface area (Å²) < 4.78 is 0. The fourth-order valence-corrected chi connectivity index (χ4v) is 2.68. The van der Waals surface area contributed by atoms with Gasteiger partial charge in [0.05, 0.1) is 0 Å². The quantitative estimate of drug-likeness (QED) is 0.736. The molecule has 1 aliphatic rings. The SMILES string of the molecule is CCC(C)C(C)N1CCC(CNCC(C)C)C1. The predicted molar refractivity (Wildman–Crippen MR) is 76.3 cm³/mol. The first kappa shape index (κ1) is 15.0. The lowest BCUT2D eigenvalue weighted by Crippen LogP contribution is -2.36. The third-order valence-electron chi connectivity index (χ3n) is 4.35. The molecule has 1 rings (SSSR count). The van der Waals surface area contributed by atoms with E-state index in [4.69, 9.17) is 0 Å². The number of nitrogens with one attached hydrogen (secondary N) is 1. The smallest absolute Gasteiger partial charge is 0.00925 e. The van der Waals surface area contributed by atoms with Gasteiger partial charge >= 0.3 is 0 Å². The summed E-state index contributed by atoms with van der Waals surface area (Å²) in [6.45, 7) is 16.6. The molecular formula is C15H32N2. The number of likely N-dealkylation sites (tertiary alicyclic amines) is 1. The minimum absolute atomic E-state index is 0.759. The fraction of sp³-hybridized carbons (Fsp3) is 1.00. The molecule has 2 nitrogen and oxygen atoms in total. The van der Waals surface area contributed by atoms with Crippen LogP contribution in [0.1, 0.15) is 47.5 Å². The lowest BCUT2D eigenvalue weighted by molar-refractivity contribution is 0.188. The third kappa shape index (κ3) is 4.97. The van der Waals surface area contributed by atoms with E-state index < -0.39 is 0 Å². The van der Waals surface area contributed by atoms with Crippen molar-refractivity contribution < 1.29 is 0 Å². The maximum Gasteiger partial charge on any atom is 0.00925 e. The van der Waals surface area contributed by atoms with Crippen molar-refractivity contribution in [3.8, 4) is 0 Å². The molecule has 0 bridgehead atoms. The summed E-state index contributed by atoms with van der Waals surface area (Å²) in [5, 5.41) is 3.60. The van der Waals surface area contributed by atoms with Gasteiger partial charge in [0.1, 0.15) is 0 Å². The summed E-state index contributed by atoms with van der Waals surface area (Å²) in [7, 11) is 0. The molecule has 0 saturated carbocycles. The van der Waals surface area contributed by atoms with Crippen LogP contribution in [0.5, 0.6) is 0 Å². The Morgan fingerprint density at radius 3 is 2.53 bits per heavy atom. The molecule has 1 fully saturated rings. The van der Waals surface area contributed by atoms with Crippen molar-refractivity contribution in [3.05, 3.63) is 0 Å². The molecule has 3 atom stereocenters. The average molecular weight is 240 g/mol. The number of hydrogen-bond donors (Lipinski definition) is 1. The van der Waals surface area contributed by atoms with E-state index in [0.717, 1.165) is 30.3 Å². The molecule has 0 spiro atoms. The zero-order chi connectivity index (χ0) is 12.8. The fourth-order valence-electron chi connectivity index (χ4n) is 2.68. The maximum absolute atomic E-state index is 3.60. The number of nitrogens with zero attached hydrogens (tertiary/aromatic N) is 1. The Morgan fingerprint density at radius 2 is 1.94 bits per heavy atom. The van der Waals surface area contributed by atoms with Gasteiger partial charge in [-0.05, 0) is 50.7 Å². The van der Waals surface area contributed by atoms with Crippen LogP contribution in [0.2, 0.25) is 0 Å². The van der Waals surface area contributed by atoms with Crippen LogP contribution in [0.15, 0.2) is 0 Å². The first-order valence-electron chi connectivity index (χ1n) is 7.49. The van der Waals surface area contributed by atoms with Crippen molar-refractivity contribution in [1.82, 2.24) is 10.2 Å². The van der Waals surface area contributed by atoms with E-state index in [0.29, 0.717) is 0 Å². The maximum atomic E-state index is 3.60. The molecule has 102 valence electrons. The van der Waals surface area contributed by atoms with Crippen LogP contribution in [-0.4, -0.2) is 37.1 Å². The van der Waals surface area contributed by atoms with E-state index in [2.05, 4.69) is 44.8 Å². The average Bonchev–Trinajstić information content (AvgIpc) is 2.75. The molecule has 3 unspecified atom stereocenters. The van der Waals surface area contributed by atoms with Crippen LogP contribution in [0.3, 0.4) is 0 Å². The Bertz CT molecular complexity index is 203. The van der Waals surface area contributed by atoms with Crippen LogP contribution in [0.4, 0.5) is 0 Å². The van der Waals surface area contributed by atoms with E-state index in [-0.39, 0.29) is 0 Å². The van der Waals surface area contributed by atoms with Gasteiger partial charge in [-0.25, -0.2) is 0 Å². The molecule has 1 N–H and O–H groups in total. The van der Waals surface area contributed by atoms with Crippen molar-refractivity contribution in [2.24, 2.45) is 17.8 Å². The van der Waals surface area contributed by atoms with Crippen LogP contribution in [-0.2, 0) is 0 Å². The molecule has 0 aromatic rings. The van der Waals surface area contributed by atoms with Crippen LogP contribution in [0.25, 0.3) is 0 Å². The van der Waals surface area contributed by atoms with Crippen LogP contribution in [0, 0.1) is 17.8 Å². The van der Waals surface area contributed by atoms with E-state index in [1.165, 1.54) is 32.5 Å². The third-order valence-corrected chi connectivity index (χ3v) is 4.35. The van der Waals surface area contributed by atoms with Gasteiger partial charge in [-0.1, -0.05) is 34.1 Å². The molecule has 1 saturated heterocycles. The monoisotopic (exact) mass is 240 g/mol.